The molecule has 40 valence electrons. The van der Waals surface area contributed by atoms with Gasteiger partial charge in [-0.3, -0.25) is 0 Å². The Labute approximate surface area is 36.8 Å². The van der Waals surface area contributed by atoms with Gasteiger partial charge in [-0.2, -0.15) is 0 Å². The molecule has 0 radical (unpaired) electrons. The second-order valence-corrected chi connectivity index (χ2v) is 0.408. The van der Waals surface area contributed by atoms with E-state index in [4.69, 9.17) is 5.21 Å². The zero-order valence-electron chi connectivity index (χ0n) is 3.93. The lowest BCUT2D eigenvalue weighted by Gasteiger charge is -1.80. The van der Waals surface area contributed by atoms with Gasteiger partial charge in [0.1, 0.15) is 0 Å². The highest BCUT2D eigenvalue weighted by molar-refractivity contribution is 3.76. The van der Waals surface area contributed by atoms with Crippen LogP contribution in [0, 0.1) is 0 Å². The Bertz CT molecular complexity index is 11.5. The van der Waals surface area contributed by atoms with Crippen LogP contribution < -0.4 is 11.4 Å². The molecule has 0 rings (SSSR count). The Hall–Kier alpha value is -0.160. The lowest BCUT2D eigenvalue weighted by atomic mass is 11.5. The number of hydrogen-bond donors (Lipinski definition) is 3. The number of nitrogens with two attached hydrogens (primary N) is 1. The van der Waals surface area contributed by atoms with Gasteiger partial charge < -0.3 is 10.0 Å². The number of nitrogens with one attached hydrogen (secondary N) is 1. The van der Waals surface area contributed by atoms with E-state index in [1.165, 1.54) is 0 Å². The van der Waals surface area contributed by atoms with Gasteiger partial charge in [-0.1, -0.05) is 0 Å². The summed E-state index contributed by atoms with van der Waals surface area (Å²) in [4.78, 5) is 4.29. The van der Waals surface area contributed by atoms with Crippen LogP contribution in [0.5, 0.6) is 0 Å². The molecule has 0 saturated carbocycles. The van der Waals surface area contributed by atoms with Crippen molar-refractivity contribution >= 4 is 0 Å². The Morgan fingerprint density at radius 2 is 1.83 bits per heavy atom. The molecule has 0 spiro atoms. The van der Waals surface area contributed by atoms with Gasteiger partial charge in [-0.25, -0.2) is 11.4 Å². The topological polar surface area (TPSA) is 67.5 Å². The molecule has 0 bridgehead atoms. The first-order chi connectivity index (χ1) is 2.91. The fourth-order valence-electron chi connectivity index (χ4n) is 0. The first kappa shape index (κ1) is 9.28. The summed E-state index contributed by atoms with van der Waals surface area (Å²) in [5.74, 6) is 3.50. The van der Waals surface area contributed by atoms with Crippen molar-refractivity contribution in [2.24, 2.45) is 5.90 Å². The molecule has 0 fully saturated rings. The van der Waals surface area contributed by atoms with Crippen molar-refractivity contribution in [2.75, 3.05) is 14.2 Å². The van der Waals surface area contributed by atoms with Gasteiger partial charge in [-0.15, -0.1) is 0 Å². The maximum Gasteiger partial charge on any atom is 0.0572 e. The molecule has 6 heavy (non-hydrogen) atoms. The van der Waals surface area contributed by atoms with E-state index in [1.807, 2.05) is 0 Å². The summed E-state index contributed by atoms with van der Waals surface area (Å²) in [6, 6.07) is 0. The maximum absolute atomic E-state index is 6.50. The minimum absolute atomic E-state index is 1.57. The molecule has 0 aromatic carbocycles. The van der Waals surface area contributed by atoms with Crippen molar-refractivity contribution in [3.8, 4) is 0 Å². The first-order valence-electron chi connectivity index (χ1n) is 1.37. The predicted octanol–water partition coefficient (Wildman–Crippen LogP) is -0.898. The van der Waals surface area contributed by atoms with E-state index in [-0.39, 0.29) is 0 Å². The van der Waals surface area contributed by atoms with Crippen LogP contribution in [0.1, 0.15) is 0 Å². The molecule has 4 nitrogen and oxygen atoms in total. The second kappa shape index (κ2) is 21.1. The average molecular weight is 94.1 g/mol. The van der Waals surface area contributed by atoms with Crippen LogP contribution >= 0.6 is 0 Å². The van der Waals surface area contributed by atoms with Gasteiger partial charge in [0.05, 0.1) is 7.11 Å². The summed E-state index contributed by atoms with van der Waals surface area (Å²) < 4.78 is 0. The molecule has 0 amide bonds. The zero-order valence-corrected chi connectivity index (χ0v) is 3.93. The molecule has 0 aromatic rings. The van der Waals surface area contributed by atoms with Crippen molar-refractivity contribution in [1.29, 1.82) is 0 Å². The lowest BCUT2D eigenvalue weighted by Crippen LogP contribution is -2.00. The zero-order chi connectivity index (χ0) is 5.41. The molecule has 0 saturated heterocycles. The maximum atomic E-state index is 6.50. The summed E-state index contributed by atoms with van der Waals surface area (Å²) in [7, 11) is 3.28. The minimum atomic E-state index is 1.57. The molecular formula is C2H10N2O2. The Morgan fingerprint density at radius 1 is 1.67 bits per heavy atom. The van der Waals surface area contributed by atoms with E-state index < -0.39 is 0 Å². The Morgan fingerprint density at radius 3 is 1.83 bits per heavy atom. The largest absolute Gasteiger partial charge is 0.320 e. The fourth-order valence-corrected chi connectivity index (χ4v) is 0. The van der Waals surface area contributed by atoms with Gasteiger partial charge in [0.15, 0.2) is 0 Å². The third-order valence-corrected chi connectivity index (χ3v) is 0.204. The number of hydroxylamine groups is 1. The van der Waals surface area contributed by atoms with E-state index in [0.717, 1.165) is 0 Å². The van der Waals surface area contributed by atoms with Gasteiger partial charge in [-0.05, 0) is 0 Å². The highest BCUT2D eigenvalue weighted by Gasteiger charge is 1.45. The van der Waals surface area contributed by atoms with Gasteiger partial charge >= 0.3 is 0 Å². The van der Waals surface area contributed by atoms with Gasteiger partial charge in [0.25, 0.3) is 0 Å². The van der Waals surface area contributed by atoms with Crippen molar-refractivity contribution < 1.29 is 10.0 Å². The van der Waals surface area contributed by atoms with Crippen LogP contribution in [0.3, 0.4) is 0 Å². The fraction of sp³-hybridized carbons (Fsp3) is 1.00. The summed E-state index contributed by atoms with van der Waals surface area (Å²) in [6.07, 6.45) is 0. The molecule has 4 heteroatoms. The van der Waals surface area contributed by atoms with Crippen molar-refractivity contribution in [2.45, 2.75) is 0 Å². The minimum Gasteiger partial charge on any atom is -0.320 e. The Kier molecular flexibility index (Phi) is 32.6. The molecule has 0 unspecified atom stereocenters. The van der Waals surface area contributed by atoms with Crippen molar-refractivity contribution in [3.05, 3.63) is 0 Å². The molecule has 0 heterocycles. The van der Waals surface area contributed by atoms with Crippen LogP contribution in [0.2, 0.25) is 0 Å². The number of rotatable bonds is 1. The SMILES string of the molecule is CNOC.NO. The molecular weight excluding hydrogens is 84.0 g/mol. The van der Waals surface area contributed by atoms with Crippen LogP contribution in [0.4, 0.5) is 0 Å². The van der Waals surface area contributed by atoms with Crippen LogP contribution in [0.15, 0.2) is 0 Å². The molecule has 0 aromatic heterocycles. The van der Waals surface area contributed by atoms with E-state index in [1.54, 1.807) is 14.2 Å². The smallest absolute Gasteiger partial charge is 0.0572 e. The Balaban J connectivity index is 0. The highest BCUT2D eigenvalue weighted by Crippen LogP contribution is 1.32. The quantitative estimate of drug-likeness (QED) is 0.368. The molecule has 4 N–H and O–H groups in total. The van der Waals surface area contributed by atoms with Gasteiger partial charge in [0, 0.05) is 7.05 Å². The molecule has 0 aliphatic heterocycles. The summed E-state index contributed by atoms with van der Waals surface area (Å²) >= 11 is 0. The molecule has 0 aliphatic rings. The average Bonchev–Trinajstić information content (AvgIpc) is 1.72. The van der Waals surface area contributed by atoms with Crippen molar-refractivity contribution in [3.63, 3.8) is 0 Å². The summed E-state index contributed by atoms with van der Waals surface area (Å²) in [6.45, 7) is 0. The second-order valence-electron chi connectivity index (χ2n) is 0.408. The lowest BCUT2D eigenvalue weighted by molar-refractivity contribution is 0.112. The summed E-state index contributed by atoms with van der Waals surface area (Å²) in [5.41, 5.74) is 2.43. The van der Waals surface area contributed by atoms with E-state index >= 15 is 0 Å². The monoisotopic (exact) mass is 94.1 g/mol. The van der Waals surface area contributed by atoms with E-state index in [2.05, 4.69) is 16.2 Å². The highest BCUT2D eigenvalue weighted by atomic mass is 16.6. The van der Waals surface area contributed by atoms with E-state index in [0.29, 0.717) is 0 Å². The van der Waals surface area contributed by atoms with Crippen LogP contribution in [0.25, 0.3) is 0 Å². The normalized spacial score (nSPS) is 6.00. The van der Waals surface area contributed by atoms with Gasteiger partial charge in [0.2, 0.25) is 0 Å². The van der Waals surface area contributed by atoms with E-state index in [9.17, 15) is 0 Å². The first-order valence-corrected chi connectivity index (χ1v) is 1.37. The number of hydrogen-bond acceptors (Lipinski definition) is 4. The third-order valence-electron chi connectivity index (χ3n) is 0.204. The predicted molar refractivity (Wildman–Crippen MR) is 22.0 cm³/mol. The van der Waals surface area contributed by atoms with Crippen LogP contribution in [-0.2, 0) is 4.84 Å². The summed E-state index contributed by atoms with van der Waals surface area (Å²) in [5, 5.41) is 6.50. The molecule has 0 aliphatic carbocycles. The standard InChI is InChI=1S/C2H7NO.H3NO/c1-3-4-2;1-2/h3H,1-2H3;2H,1H2. The van der Waals surface area contributed by atoms with Crippen LogP contribution in [-0.4, -0.2) is 19.4 Å². The molecule has 0 atom stereocenters. The third kappa shape index (κ3) is 43.9. The van der Waals surface area contributed by atoms with Crippen molar-refractivity contribution in [1.82, 2.24) is 5.48 Å².